The van der Waals surface area contributed by atoms with E-state index in [0.29, 0.717) is 0 Å². The molecular formula is H6Al2Na6O12S3. The van der Waals surface area contributed by atoms with E-state index >= 15 is 0 Å². The second-order valence-corrected chi connectivity index (χ2v) is 3.67. The smallest absolute Gasteiger partial charge is 1.00 e. The molecule has 0 spiro atoms. The van der Waals surface area contributed by atoms with Crippen molar-refractivity contribution in [3.63, 3.8) is 0 Å². The standard InChI is InChI=1S/2Al.6Na.3H2O4S.6H/c;;;;;;;;3*1-5(2,3)4;;;;;;/h;;;;;;;;3*(H2,1,2,3,4);;;;;;/q2*+3;6*+1;;;;6*-1/p-6. The largest absolute Gasteiger partial charge is 3.00 e. The van der Waals surface area contributed by atoms with Gasteiger partial charge in [-0.2, -0.15) is 0 Å². The van der Waals surface area contributed by atoms with Crippen LogP contribution in [0.3, 0.4) is 0 Å². The van der Waals surface area contributed by atoms with Gasteiger partial charge >= 0.3 is 212 Å². The van der Waals surface area contributed by atoms with E-state index in [1.165, 1.54) is 0 Å². The van der Waals surface area contributed by atoms with Crippen molar-refractivity contribution in [2.24, 2.45) is 0 Å². The molecular weight excluding hydrogens is 480 g/mol. The zero-order valence-electron chi connectivity index (χ0n) is 19.3. The molecule has 0 heterocycles. The van der Waals surface area contributed by atoms with Gasteiger partial charge in [0.25, 0.3) is 0 Å². The zero-order valence-corrected chi connectivity index (χ0v) is 30.0. The number of hydrogen-bond donors (Lipinski definition) is 0. The molecule has 0 aromatic rings. The molecule has 0 aromatic carbocycles. The summed E-state index contributed by atoms with van der Waals surface area (Å²) in [5, 5.41) is 0. The molecule has 23 heavy (non-hydrogen) atoms. The van der Waals surface area contributed by atoms with E-state index in [1.54, 1.807) is 0 Å². The summed E-state index contributed by atoms with van der Waals surface area (Å²) in [5.41, 5.74) is 0. The molecule has 0 saturated heterocycles. The minimum absolute atomic E-state index is 0. The van der Waals surface area contributed by atoms with Gasteiger partial charge in [-0.15, -0.1) is 0 Å². The molecule has 0 aliphatic rings. The maximum absolute atomic E-state index is 8.52. The third-order valence-electron chi connectivity index (χ3n) is 0. The van der Waals surface area contributed by atoms with Crippen LogP contribution in [0.15, 0.2) is 0 Å². The molecule has 0 aliphatic heterocycles. The first-order chi connectivity index (χ1) is 6.00. The summed E-state index contributed by atoms with van der Waals surface area (Å²) in [6.45, 7) is 0. The molecule has 0 atom stereocenters. The monoisotopic (exact) mass is 486 g/mol. The van der Waals surface area contributed by atoms with E-state index in [2.05, 4.69) is 0 Å². The molecule has 0 bridgehead atoms. The van der Waals surface area contributed by atoms with Crippen LogP contribution in [0, 0.1) is 0 Å². The average Bonchev–Trinajstić information content (AvgIpc) is 1.41. The second kappa shape index (κ2) is 36.1. The van der Waals surface area contributed by atoms with Gasteiger partial charge < -0.3 is 35.9 Å². The van der Waals surface area contributed by atoms with Crippen LogP contribution in [0.2, 0.25) is 0 Å². The van der Waals surface area contributed by atoms with Gasteiger partial charge in [-0.1, -0.05) is 0 Å². The summed E-state index contributed by atoms with van der Waals surface area (Å²) in [5.74, 6) is 0. The van der Waals surface area contributed by atoms with Crippen LogP contribution in [0.1, 0.15) is 8.56 Å². The molecule has 0 saturated carbocycles. The first kappa shape index (κ1) is 70.0. The van der Waals surface area contributed by atoms with E-state index in [1.807, 2.05) is 0 Å². The molecule has 0 radical (unpaired) electrons. The van der Waals surface area contributed by atoms with Crippen molar-refractivity contribution in [1.82, 2.24) is 0 Å². The summed E-state index contributed by atoms with van der Waals surface area (Å²) in [6.07, 6.45) is 0. The van der Waals surface area contributed by atoms with Gasteiger partial charge in [0, 0.05) is 31.2 Å². The number of rotatable bonds is 0. The van der Waals surface area contributed by atoms with E-state index < -0.39 is 31.2 Å². The van der Waals surface area contributed by atoms with E-state index in [0.717, 1.165) is 0 Å². The first-order valence-corrected chi connectivity index (χ1v) is 6.00. The summed E-state index contributed by atoms with van der Waals surface area (Å²) in [6, 6.07) is 0. The van der Waals surface area contributed by atoms with Crippen molar-refractivity contribution in [3.05, 3.63) is 0 Å². The normalized spacial score (nSPS) is 7.57. The summed E-state index contributed by atoms with van der Waals surface area (Å²) < 4.78 is 102. The predicted molar refractivity (Wildman–Crippen MR) is 49.6 cm³/mol. The topological polar surface area (TPSA) is 241 Å². The van der Waals surface area contributed by atoms with Gasteiger partial charge in [0.1, 0.15) is 0 Å². The summed E-state index contributed by atoms with van der Waals surface area (Å²) in [7, 11) is -15.5. The van der Waals surface area contributed by atoms with Crippen LogP contribution in [-0.4, -0.2) is 87.3 Å². The first-order valence-electron chi connectivity index (χ1n) is 2.00. The van der Waals surface area contributed by atoms with Crippen molar-refractivity contribution in [3.8, 4) is 0 Å². The molecule has 0 rings (SSSR count). The van der Waals surface area contributed by atoms with E-state index in [9.17, 15) is 0 Å². The molecule has 108 valence electrons. The maximum Gasteiger partial charge on any atom is 3.00 e. The Hall–Kier alpha value is 6.67. The van der Waals surface area contributed by atoms with Crippen LogP contribution in [0.25, 0.3) is 0 Å². The number of hydrogen-bond acceptors (Lipinski definition) is 12. The fourth-order valence-corrected chi connectivity index (χ4v) is 0. The quantitative estimate of drug-likeness (QED) is 0.176. The molecule has 0 unspecified atom stereocenters. The van der Waals surface area contributed by atoms with Crippen LogP contribution < -0.4 is 177 Å². The Kier molecular flexibility index (Phi) is 110. The van der Waals surface area contributed by atoms with Crippen LogP contribution >= 0.6 is 0 Å². The van der Waals surface area contributed by atoms with Gasteiger partial charge in [0.15, 0.2) is 0 Å². The van der Waals surface area contributed by atoms with Gasteiger partial charge in [0.05, 0.1) is 0 Å². The van der Waals surface area contributed by atoms with Gasteiger partial charge in [-0.25, -0.2) is 0 Å². The van der Waals surface area contributed by atoms with Crippen LogP contribution in [0.4, 0.5) is 0 Å². The van der Waals surface area contributed by atoms with Gasteiger partial charge in [-0.3, -0.25) is 25.3 Å². The Bertz CT molecular complexity index is 381. The SMILES string of the molecule is O=S(=O)([O-])[O-].O=S(=O)([O-])[O-].O=S(=O)([O-])[O-].[Al+3].[Al+3].[H-].[H-].[H-].[H-].[H-].[H-].[Na+].[Na+].[Na+].[Na+].[Na+].[Na+]. The van der Waals surface area contributed by atoms with Crippen molar-refractivity contribution < 1.29 is 238 Å². The molecule has 0 aliphatic carbocycles. The Morgan fingerprint density at radius 3 is 0.391 bits per heavy atom. The zero-order chi connectivity index (χ0) is 13.5. The molecule has 0 amide bonds. The van der Waals surface area contributed by atoms with Crippen molar-refractivity contribution in [2.45, 2.75) is 0 Å². The Morgan fingerprint density at radius 1 is 0.391 bits per heavy atom. The average molecular weight is 486 g/mol. The molecule has 12 nitrogen and oxygen atoms in total. The Balaban J connectivity index is -0.00000000400. The molecule has 23 heteroatoms. The molecule has 0 fully saturated rings. The maximum atomic E-state index is 8.52. The van der Waals surface area contributed by atoms with E-state index in [-0.39, 0.29) is 221 Å². The Labute approximate surface area is 297 Å². The molecule has 0 N–H and O–H groups in total. The fraction of sp³-hybridized carbons (Fsp3) is 0. The summed E-state index contributed by atoms with van der Waals surface area (Å²) in [4.78, 5) is 0. The third kappa shape index (κ3) is 458. The van der Waals surface area contributed by atoms with E-state index in [4.69, 9.17) is 52.6 Å². The Morgan fingerprint density at radius 2 is 0.391 bits per heavy atom. The minimum atomic E-state index is -5.17. The molecule has 0 aromatic heterocycles. The predicted octanol–water partition coefficient (Wildman–Crippen LogP) is -22.1. The van der Waals surface area contributed by atoms with Crippen molar-refractivity contribution in [2.75, 3.05) is 0 Å². The minimum Gasteiger partial charge on any atom is -1.00 e. The third-order valence-corrected chi connectivity index (χ3v) is 0. The fourth-order valence-electron chi connectivity index (χ4n) is 0. The summed E-state index contributed by atoms with van der Waals surface area (Å²) >= 11 is 0. The van der Waals surface area contributed by atoms with Crippen molar-refractivity contribution >= 4 is 65.9 Å². The van der Waals surface area contributed by atoms with Crippen LogP contribution in [-0.2, 0) is 31.2 Å². The van der Waals surface area contributed by atoms with Crippen LogP contribution in [0.5, 0.6) is 0 Å². The van der Waals surface area contributed by atoms with Gasteiger partial charge in [0.2, 0.25) is 0 Å². The second-order valence-electron chi connectivity index (χ2n) is 1.22. The van der Waals surface area contributed by atoms with Gasteiger partial charge in [-0.05, 0) is 0 Å². The van der Waals surface area contributed by atoms with Crippen molar-refractivity contribution in [1.29, 1.82) is 0 Å².